The van der Waals surface area contributed by atoms with E-state index in [1.807, 2.05) is 18.2 Å². The first kappa shape index (κ1) is 14.4. The van der Waals surface area contributed by atoms with Crippen LogP contribution < -0.4 is 10.1 Å². The minimum absolute atomic E-state index is 0.0302. The Morgan fingerprint density at radius 1 is 1.20 bits per heavy atom. The van der Waals surface area contributed by atoms with Crippen LogP contribution in [0.2, 0.25) is 0 Å². The Labute approximate surface area is 120 Å². The molecule has 0 heterocycles. The summed E-state index contributed by atoms with van der Waals surface area (Å²) in [5, 5.41) is 12.8. The molecular weight excluding hydrogens is 250 g/mol. The molecule has 0 amide bonds. The van der Waals surface area contributed by atoms with Crippen molar-refractivity contribution in [3.63, 3.8) is 0 Å². The zero-order valence-corrected chi connectivity index (χ0v) is 12.2. The van der Waals surface area contributed by atoms with Crippen LogP contribution >= 0.6 is 0 Å². The second kappa shape index (κ2) is 6.44. The first-order valence-corrected chi connectivity index (χ1v) is 6.75. The van der Waals surface area contributed by atoms with Crippen LogP contribution in [-0.4, -0.2) is 12.2 Å². The van der Waals surface area contributed by atoms with Crippen LogP contribution in [0.5, 0.6) is 5.75 Å². The third-order valence-electron chi connectivity index (χ3n) is 3.38. The van der Waals surface area contributed by atoms with E-state index in [0.717, 1.165) is 11.3 Å². The molecule has 0 saturated carbocycles. The molecule has 2 N–H and O–H groups in total. The van der Waals surface area contributed by atoms with E-state index >= 15 is 0 Å². The van der Waals surface area contributed by atoms with Crippen molar-refractivity contribution in [1.82, 2.24) is 0 Å². The van der Waals surface area contributed by atoms with Crippen LogP contribution in [0.15, 0.2) is 42.5 Å². The van der Waals surface area contributed by atoms with E-state index in [4.69, 9.17) is 4.74 Å². The van der Waals surface area contributed by atoms with Crippen molar-refractivity contribution in [2.45, 2.75) is 26.5 Å². The zero-order chi connectivity index (χ0) is 14.5. The van der Waals surface area contributed by atoms with Gasteiger partial charge in [-0.25, -0.2) is 0 Å². The molecule has 0 aliphatic heterocycles. The first-order valence-electron chi connectivity index (χ1n) is 6.75. The molecule has 0 aliphatic rings. The van der Waals surface area contributed by atoms with Gasteiger partial charge in [-0.15, -0.1) is 0 Å². The topological polar surface area (TPSA) is 41.5 Å². The Kier molecular flexibility index (Phi) is 4.64. The summed E-state index contributed by atoms with van der Waals surface area (Å²) in [6.45, 7) is 4.18. The summed E-state index contributed by atoms with van der Waals surface area (Å²) in [5.41, 5.74) is 4.26. The maximum absolute atomic E-state index is 9.35. The van der Waals surface area contributed by atoms with Gasteiger partial charge in [0.15, 0.2) is 0 Å². The fourth-order valence-electron chi connectivity index (χ4n) is 2.26. The molecule has 2 aromatic carbocycles. The number of anilines is 1. The lowest BCUT2D eigenvalue weighted by molar-refractivity contribution is 0.274. The average molecular weight is 271 g/mol. The minimum Gasteiger partial charge on any atom is -0.496 e. The first-order chi connectivity index (χ1) is 9.63. The maximum Gasteiger partial charge on any atom is 0.124 e. The largest absolute Gasteiger partial charge is 0.496 e. The molecule has 0 aromatic heterocycles. The average Bonchev–Trinajstić information content (AvgIpc) is 2.47. The molecule has 2 rings (SSSR count). The maximum atomic E-state index is 9.35. The summed E-state index contributed by atoms with van der Waals surface area (Å²) in [7, 11) is 1.61. The Bertz CT molecular complexity index is 581. The SMILES string of the molecule is COc1ccc(NC(C)c2cccc(C)c2)cc1CO. The Hall–Kier alpha value is -2.00. The number of ether oxygens (including phenoxy) is 1. The Morgan fingerprint density at radius 2 is 2.00 bits per heavy atom. The molecular formula is C17H21NO2. The second-order valence-corrected chi connectivity index (χ2v) is 4.96. The minimum atomic E-state index is -0.0302. The fourth-order valence-corrected chi connectivity index (χ4v) is 2.26. The lowest BCUT2D eigenvalue weighted by Gasteiger charge is -2.17. The molecule has 0 saturated heterocycles. The molecule has 1 atom stereocenters. The van der Waals surface area contributed by atoms with Gasteiger partial charge in [0.25, 0.3) is 0 Å². The highest BCUT2D eigenvalue weighted by molar-refractivity contribution is 5.52. The van der Waals surface area contributed by atoms with Crippen LogP contribution in [0.4, 0.5) is 5.69 Å². The molecule has 0 fully saturated rings. The zero-order valence-electron chi connectivity index (χ0n) is 12.2. The van der Waals surface area contributed by atoms with E-state index in [9.17, 15) is 5.11 Å². The third kappa shape index (κ3) is 3.31. The number of aliphatic hydroxyl groups excluding tert-OH is 1. The molecule has 106 valence electrons. The smallest absolute Gasteiger partial charge is 0.124 e. The number of methoxy groups -OCH3 is 1. The van der Waals surface area contributed by atoms with Crippen molar-refractivity contribution >= 4 is 5.69 Å². The number of hydrogen-bond donors (Lipinski definition) is 2. The number of aliphatic hydroxyl groups is 1. The number of aryl methyl sites for hydroxylation is 1. The van der Waals surface area contributed by atoms with Crippen molar-refractivity contribution in [3.05, 3.63) is 59.2 Å². The Morgan fingerprint density at radius 3 is 2.65 bits per heavy atom. The summed E-state index contributed by atoms with van der Waals surface area (Å²) in [6.07, 6.45) is 0. The number of rotatable bonds is 5. The van der Waals surface area contributed by atoms with Crippen LogP contribution in [0, 0.1) is 6.92 Å². The van der Waals surface area contributed by atoms with Gasteiger partial charge in [-0.05, 0) is 37.6 Å². The molecule has 0 aliphatic carbocycles. The van der Waals surface area contributed by atoms with E-state index in [-0.39, 0.29) is 12.6 Å². The van der Waals surface area contributed by atoms with E-state index in [1.165, 1.54) is 11.1 Å². The summed E-state index contributed by atoms with van der Waals surface area (Å²) < 4.78 is 5.21. The number of benzene rings is 2. The van der Waals surface area contributed by atoms with Gasteiger partial charge in [-0.2, -0.15) is 0 Å². The van der Waals surface area contributed by atoms with Gasteiger partial charge in [0.1, 0.15) is 5.75 Å². The number of hydrogen-bond acceptors (Lipinski definition) is 3. The highest BCUT2D eigenvalue weighted by Crippen LogP contribution is 2.25. The van der Waals surface area contributed by atoms with Crippen LogP contribution in [0.3, 0.4) is 0 Å². The van der Waals surface area contributed by atoms with Gasteiger partial charge in [0.2, 0.25) is 0 Å². The van der Waals surface area contributed by atoms with Gasteiger partial charge in [0.05, 0.1) is 13.7 Å². The van der Waals surface area contributed by atoms with E-state index in [0.29, 0.717) is 5.75 Å². The molecule has 3 nitrogen and oxygen atoms in total. The van der Waals surface area contributed by atoms with Crippen LogP contribution in [0.1, 0.15) is 29.7 Å². The summed E-state index contributed by atoms with van der Waals surface area (Å²) in [4.78, 5) is 0. The summed E-state index contributed by atoms with van der Waals surface area (Å²) in [6, 6.07) is 14.4. The van der Waals surface area contributed by atoms with Crippen molar-refractivity contribution in [2.24, 2.45) is 0 Å². The molecule has 0 bridgehead atoms. The predicted octanol–water partition coefficient (Wildman–Crippen LogP) is 3.67. The van der Waals surface area contributed by atoms with E-state index in [2.05, 4.69) is 43.4 Å². The van der Waals surface area contributed by atoms with E-state index < -0.39 is 0 Å². The van der Waals surface area contributed by atoms with Crippen molar-refractivity contribution < 1.29 is 9.84 Å². The van der Waals surface area contributed by atoms with Crippen LogP contribution in [-0.2, 0) is 6.61 Å². The quantitative estimate of drug-likeness (QED) is 0.872. The van der Waals surface area contributed by atoms with Gasteiger partial charge in [0, 0.05) is 17.3 Å². The summed E-state index contributed by atoms with van der Waals surface area (Å²) in [5.74, 6) is 0.709. The molecule has 0 radical (unpaired) electrons. The standard InChI is InChI=1S/C17H21NO2/c1-12-5-4-6-14(9-12)13(2)18-16-7-8-17(20-3)15(10-16)11-19/h4-10,13,18-19H,11H2,1-3H3. The van der Waals surface area contributed by atoms with Gasteiger partial charge >= 0.3 is 0 Å². The predicted molar refractivity (Wildman–Crippen MR) is 82.1 cm³/mol. The van der Waals surface area contributed by atoms with Gasteiger partial charge < -0.3 is 15.2 Å². The normalized spacial score (nSPS) is 12.0. The Balaban J connectivity index is 2.17. The van der Waals surface area contributed by atoms with Crippen molar-refractivity contribution in [2.75, 3.05) is 12.4 Å². The molecule has 20 heavy (non-hydrogen) atoms. The fraction of sp³-hybridized carbons (Fsp3) is 0.294. The third-order valence-corrected chi connectivity index (χ3v) is 3.38. The number of nitrogens with one attached hydrogen (secondary N) is 1. The lowest BCUT2D eigenvalue weighted by atomic mass is 10.1. The second-order valence-electron chi connectivity index (χ2n) is 4.96. The monoisotopic (exact) mass is 271 g/mol. The van der Waals surface area contributed by atoms with Crippen LogP contribution in [0.25, 0.3) is 0 Å². The van der Waals surface area contributed by atoms with Gasteiger partial charge in [-0.1, -0.05) is 29.8 Å². The van der Waals surface area contributed by atoms with Crippen molar-refractivity contribution in [3.8, 4) is 5.75 Å². The molecule has 3 heteroatoms. The molecule has 0 spiro atoms. The highest BCUT2D eigenvalue weighted by Gasteiger charge is 2.08. The van der Waals surface area contributed by atoms with Crippen molar-refractivity contribution in [1.29, 1.82) is 0 Å². The van der Waals surface area contributed by atoms with E-state index in [1.54, 1.807) is 7.11 Å². The molecule has 2 aromatic rings. The lowest BCUT2D eigenvalue weighted by Crippen LogP contribution is -2.07. The van der Waals surface area contributed by atoms with Gasteiger partial charge in [-0.3, -0.25) is 0 Å². The summed E-state index contributed by atoms with van der Waals surface area (Å²) >= 11 is 0. The molecule has 1 unspecified atom stereocenters. The highest BCUT2D eigenvalue weighted by atomic mass is 16.5.